The first kappa shape index (κ1) is 18.3. The summed E-state index contributed by atoms with van der Waals surface area (Å²) in [6, 6.07) is 0. The summed E-state index contributed by atoms with van der Waals surface area (Å²) in [5, 5.41) is 50.4. The van der Waals surface area contributed by atoms with Crippen LogP contribution in [0.3, 0.4) is 0 Å². The van der Waals surface area contributed by atoms with Crippen LogP contribution in [0, 0.1) is 0 Å². The molecule has 2 atom stereocenters. The SMILES string of the molecule is CC(=O)CC(=O)O.OCC(O)C(O)C(O)CO. The van der Waals surface area contributed by atoms with E-state index < -0.39 is 37.5 Å². The molecular weight excluding hydrogens is 236 g/mol. The number of aliphatic carboxylic acids is 1. The predicted molar refractivity (Wildman–Crippen MR) is 55.1 cm³/mol. The lowest BCUT2D eigenvalue weighted by molar-refractivity contribution is -0.139. The number of carbonyl (C=O) groups excluding carboxylic acids is 1. The lowest BCUT2D eigenvalue weighted by Crippen LogP contribution is -2.41. The quantitative estimate of drug-likeness (QED) is 0.276. The Hall–Kier alpha value is -1.06. The van der Waals surface area contributed by atoms with Crippen molar-refractivity contribution in [1.82, 2.24) is 0 Å². The molecule has 0 amide bonds. The van der Waals surface area contributed by atoms with Gasteiger partial charge in [-0.2, -0.15) is 0 Å². The second-order valence-corrected chi connectivity index (χ2v) is 3.26. The van der Waals surface area contributed by atoms with Crippen molar-refractivity contribution in [2.75, 3.05) is 13.2 Å². The van der Waals surface area contributed by atoms with Crippen LogP contribution in [0.25, 0.3) is 0 Å². The second-order valence-electron chi connectivity index (χ2n) is 3.26. The normalized spacial score (nSPS) is 15.2. The van der Waals surface area contributed by atoms with Gasteiger partial charge in [0.25, 0.3) is 0 Å². The fraction of sp³-hybridized carbons (Fsp3) is 0.778. The van der Waals surface area contributed by atoms with Crippen molar-refractivity contribution in [3.05, 3.63) is 0 Å². The van der Waals surface area contributed by atoms with Gasteiger partial charge in [-0.15, -0.1) is 0 Å². The zero-order valence-electron chi connectivity index (χ0n) is 9.35. The monoisotopic (exact) mass is 254 g/mol. The van der Waals surface area contributed by atoms with Crippen molar-refractivity contribution in [3.8, 4) is 0 Å². The highest BCUT2D eigenvalue weighted by Crippen LogP contribution is 1.97. The van der Waals surface area contributed by atoms with Gasteiger partial charge in [-0.1, -0.05) is 0 Å². The molecule has 0 aliphatic heterocycles. The van der Waals surface area contributed by atoms with Crippen LogP contribution in [-0.4, -0.2) is 73.9 Å². The number of hydrogen-bond donors (Lipinski definition) is 6. The Bertz CT molecular complexity index is 207. The van der Waals surface area contributed by atoms with Crippen molar-refractivity contribution >= 4 is 11.8 Å². The highest BCUT2D eigenvalue weighted by molar-refractivity contribution is 5.93. The summed E-state index contributed by atoms with van der Waals surface area (Å²) >= 11 is 0. The third kappa shape index (κ3) is 11.2. The van der Waals surface area contributed by atoms with Crippen LogP contribution in [0.15, 0.2) is 0 Å². The number of aliphatic hydroxyl groups is 5. The average molecular weight is 254 g/mol. The molecule has 17 heavy (non-hydrogen) atoms. The molecule has 102 valence electrons. The Labute approximate surface area is 97.8 Å². The van der Waals surface area contributed by atoms with Crippen molar-refractivity contribution in [2.24, 2.45) is 0 Å². The molecule has 2 unspecified atom stereocenters. The zero-order valence-corrected chi connectivity index (χ0v) is 9.35. The van der Waals surface area contributed by atoms with Gasteiger partial charge in [-0.25, -0.2) is 0 Å². The molecule has 0 aromatic heterocycles. The van der Waals surface area contributed by atoms with Crippen molar-refractivity contribution < 1.29 is 40.2 Å². The third-order valence-electron chi connectivity index (χ3n) is 1.56. The van der Waals surface area contributed by atoms with E-state index in [4.69, 9.17) is 30.6 Å². The van der Waals surface area contributed by atoms with Crippen molar-refractivity contribution in [1.29, 1.82) is 0 Å². The Balaban J connectivity index is 0. The molecule has 0 aliphatic rings. The first-order chi connectivity index (χ1) is 7.76. The summed E-state index contributed by atoms with van der Waals surface area (Å²) in [7, 11) is 0. The summed E-state index contributed by atoms with van der Waals surface area (Å²) in [5.74, 6) is -1.37. The lowest BCUT2D eigenvalue weighted by atomic mass is 10.1. The summed E-state index contributed by atoms with van der Waals surface area (Å²) in [5.41, 5.74) is 0. The van der Waals surface area contributed by atoms with Crippen LogP contribution in [0.1, 0.15) is 13.3 Å². The first-order valence-electron chi connectivity index (χ1n) is 4.73. The smallest absolute Gasteiger partial charge is 0.310 e. The summed E-state index contributed by atoms with van der Waals surface area (Å²) in [4.78, 5) is 19.5. The zero-order chi connectivity index (χ0) is 14.0. The number of hydrogen-bond acceptors (Lipinski definition) is 7. The number of ketones is 1. The van der Waals surface area contributed by atoms with Crippen molar-refractivity contribution in [3.63, 3.8) is 0 Å². The van der Waals surface area contributed by atoms with Gasteiger partial charge in [0.15, 0.2) is 0 Å². The van der Waals surface area contributed by atoms with E-state index >= 15 is 0 Å². The van der Waals surface area contributed by atoms with Gasteiger partial charge in [0.05, 0.1) is 13.2 Å². The van der Waals surface area contributed by atoms with E-state index in [1.54, 1.807) is 0 Å². The fourth-order valence-electron chi connectivity index (χ4n) is 0.685. The van der Waals surface area contributed by atoms with Gasteiger partial charge in [0.1, 0.15) is 30.5 Å². The van der Waals surface area contributed by atoms with Crippen LogP contribution in [0.5, 0.6) is 0 Å². The predicted octanol–water partition coefficient (Wildman–Crippen LogP) is -2.90. The van der Waals surface area contributed by atoms with E-state index in [1.807, 2.05) is 0 Å². The number of Topliss-reactive ketones (excluding diaryl/α,β-unsaturated/α-hetero) is 1. The van der Waals surface area contributed by atoms with Crippen LogP contribution < -0.4 is 0 Å². The second kappa shape index (κ2) is 10.1. The van der Waals surface area contributed by atoms with E-state index in [9.17, 15) is 9.59 Å². The molecule has 0 aliphatic carbocycles. The maximum absolute atomic E-state index is 9.87. The summed E-state index contributed by atoms with van der Waals surface area (Å²) < 4.78 is 0. The van der Waals surface area contributed by atoms with E-state index in [1.165, 1.54) is 6.92 Å². The Morgan fingerprint density at radius 2 is 1.35 bits per heavy atom. The molecule has 0 rings (SSSR count). The standard InChI is InChI=1S/C5H12O5.C4H6O3/c6-1-3(8)5(10)4(9)2-7;1-3(5)2-4(6)7/h3-10H,1-2H2;2H2,1H3,(H,6,7). The third-order valence-corrected chi connectivity index (χ3v) is 1.56. The van der Waals surface area contributed by atoms with Gasteiger partial charge < -0.3 is 30.6 Å². The van der Waals surface area contributed by atoms with E-state index in [-0.39, 0.29) is 12.2 Å². The van der Waals surface area contributed by atoms with E-state index in [0.29, 0.717) is 0 Å². The molecular formula is C9H18O8. The first-order valence-corrected chi connectivity index (χ1v) is 4.73. The van der Waals surface area contributed by atoms with Crippen LogP contribution in [-0.2, 0) is 9.59 Å². The minimum Gasteiger partial charge on any atom is -0.481 e. The minimum atomic E-state index is -1.49. The Kier molecular flexibility index (Phi) is 10.9. The number of carbonyl (C=O) groups is 2. The molecule has 0 spiro atoms. The molecule has 0 aromatic rings. The Morgan fingerprint density at radius 3 is 1.47 bits per heavy atom. The van der Waals surface area contributed by atoms with Gasteiger partial charge in [0.2, 0.25) is 0 Å². The van der Waals surface area contributed by atoms with Crippen molar-refractivity contribution in [2.45, 2.75) is 31.7 Å². The molecule has 0 saturated heterocycles. The summed E-state index contributed by atoms with van der Waals surface area (Å²) in [6.07, 6.45) is -4.65. The molecule has 0 heterocycles. The molecule has 8 nitrogen and oxygen atoms in total. The van der Waals surface area contributed by atoms with Gasteiger partial charge in [-0.3, -0.25) is 9.59 Å². The topological polar surface area (TPSA) is 156 Å². The highest BCUT2D eigenvalue weighted by Gasteiger charge is 2.22. The van der Waals surface area contributed by atoms with Gasteiger partial charge in [0, 0.05) is 0 Å². The molecule has 0 bridgehead atoms. The fourth-order valence-corrected chi connectivity index (χ4v) is 0.685. The van der Waals surface area contributed by atoms with Crippen LogP contribution in [0.4, 0.5) is 0 Å². The average Bonchev–Trinajstić information content (AvgIpc) is 2.24. The molecule has 0 aromatic carbocycles. The lowest BCUT2D eigenvalue weighted by Gasteiger charge is -2.19. The van der Waals surface area contributed by atoms with Crippen LogP contribution >= 0.6 is 0 Å². The summed E-state index contributed by atoms with van der Waals surface area (Å²) in [6.45, 7) is -0.0371. The van der Waals surface area contributed by atoms with E-state index in [0.717, 1.165) is 0 Å². The van der Waals surface area contributed by atoms with E-state index in [2.05, 4.69) is 0 Å². The van der Waals surface area contributed by atoms with Gasteiger partial charge >= 0.3 is 5.97 Å². The minimum absolute atomic E-state index is 0.312. The molecule has 0 fully saturated rings. The number of carboxylic acids is 1. The molecule has 0 saturated carbocycles. The number of rotatable bonds is 6. The highest BCUT2D eigenvalue weighted by atomic mass is 16.4. The molecule has 6 N–H and O–H groups in total. The molecule has 0 radical (unpaired) electrons. The number of carboxylic acid groups (broad SMARTS) is 1. The maximum Gasteiger partial charge on any atom is 0.310 e. The largest absolute Gasteiger partial charge is 0.481 e. The van der Waals surface area contributed by atoms with Gasteiger partial charge in [-0.05, 0) is 6.92 Å². The Morgan fingerprint density at radius 1 is 1.00 bits per heavy atom. The number of aliphatic hydroxyl groups excluding tert-OH is 5. The maximum atomic E-state index is 9.87. The van der Waals surface area contributed by atoms with Crippen LogP contribution in [0.2, 0.25) is 0 Å². The molecule has 8 heteroatoms.